The van der Waals surface area contributed by atoms with E-state index in [0.717, 1.165) is 25.7 Å². The monoisotopic (exact) mass is 157 g/mol. The van der Waals surface area contributed by atoms with E-state index in [1.54, 1.807) is 0 Å². The van der Waals surface area contributed by atoms with Gasteiger partial charge in [-0.2, -0.15) is 0 Å². The molecule has 1 N–H and O–H groups in total. The molecule has 66 valence electrons. The van der Waals surface area contributed by atoms with Crippen LogP contribution in [0.4, 0.5) is 0 Å². The lowest BCUT2D eigenvalue weighted by atomic mass is 9.83. The van der Waals surface area contributed by atoms with Crippen molar-refractivity contribution in [1.82, 2.24) is 5.32 Å². The lowest BCUT2D eigenvalue weighted by molar-refractivity contribution is 0.109. The van der Waals surface area contributed by atoms with Gasteiger partial charge in [-0.15, -0.1) is 0 Å². The van der Waals surface area contributed by atoms with Gasteiger partial charge in [-0.05, 0) is 19.4 Å². The zero-order valence-electron chi connectivity index (χ0n) is 7.44. The maximum atomic E-state index is 5.42. The Morgan fingerprint density at radius 2 is 2.18 bits per heavy atom. The minimum absolute atomic E-state index is 0.864. The SMILES string of the molecule is CNCCOCCC1CCC1. The minimum atomic E-state index is 0.864. The van der Waals surface area contributed by atoms with Gasteiger partial charge in [0.1, 0.15) is 0 Å². The van der Waals surface area contributed by atoms with Gasteiger partial charge in [0.2, 0.25) is 0 Å². The van der Waals surface area contributed by atoms with Crippen LogP contribution in [0.25, 0.3) is 0 Å². The van der Waals surface area contributed by atoms with Crippen LogP contribution in [0.15, 0.2) is 0 Å². The predicted octanol–water partition coefficient (Wildman–Crippen LogP) is 1.41. The molecule has 11 heavy (non-hydrogen) atoms. The molecule has 0 aromatic heterocycles. The zero-order valence-corrected chi connectivity index (χ0v) is 7.44. The second kappa shape index (κ2) is 5.56. The first-order chi connectivity index (χ1) is 5.43. The van der Waals surface area contributed by atoms with E-state index in [1.807, 2.05) is 7.05 Å². The van der Waals surface area contributed by atoms with Gasteiger partial charge in [0.25, 0.3) is 0 Å². The first kappa shape index (κ1) is 9.01. The molecule has 0 atom stereocenters. The highest BCUT2D eigenvalue weighted by molar-refractivity contribution is 4.68. The molecule has 0 bridgehead atoms. The Kier molecular flexibility index (Phi) is 4.55. The van der Waals surface area contributed by atoms with Crippen molar-refractivity contribution < 1.29 is 4.74 Å². The summed E-state index contributed by atoms with van der Waals surface area (Å²) in [5.74, 6) is 0.990. The smallest absolute Gasteiger partial charge is 0.0590 e. The normalized spacial score (nSPS) is 18.3. The van der Waals surface area contributed by atoms with Gasteiger partial charge in [-0.3, -0.25) is 0 Å². The van der Waals surface area contributed by atoms with Crippen LogP contribution in [0.1, 0.15) is 25.7 Å². The number of likely N-dealkylation sites (N-methyl/N-ethyl adjacent to an activating group) is 1. The van der Waals surface area contributed by atoms with Crippen molar-refractivity contribution >= 4 is 0 Å². The summed E-state index contributed by atoms with van der Waals surface area (Å²) in [6.45, 7) is 2.81. The molecule has 2 nitrogen and oxygen atoms in total. The van der Waals surface area contributed by atoms with E-state index < -0.39 is 0 Å². The summed E-state index contributed by atoms with van der Waals surface area (Å²) in [5, 5.41) is 3.06. The van der Waals surface area contributed by atoms with Crippen molar-refractivity contribution in [2.24, 2.45) is 5.92 Å². The van der Waals surface area contributed by atoms with E-state index in [9.17, 15) is 0 Å². The summed E-state index contributed by atoms with van der Waals surface area (Å²) >= 11 is 0. The average molecular weight is 157 g/mol. The van der Waals surface area contributed by atoms with Crippen molar-refractivity contribution in [1.29, 1.82) is 0 Å². The number of hydrogen-bond donors (Lipinski definition) is 1. The Morgan fingerprint density at radius 3 is 2.73 bits per heavy atom. The number of ether oxygens (including phenoxy) is 1. The fraction of sp³-hybridized carbons (Fsp3) is 1.00. The molecule has 1 aliphatic rings. The lowest BCUT2D eigenvalue weighted by Gasteiger charge is -2.24. The molecule has 1 fully saturated rings. The van der Waals surface area contributed by atoms with E-state index in [4.69, 9.17) is 4.74 Å². The van der Waals surface area contributed by atoms with Crippen molar-refractivity contribution in [3.05, 3.63) is 0 Å². The number of hydrogen-bond acceptors (Lipinski definition) is 2. The standard InChI is InChI=1S/C9H19NO/c1-10-6-8-11-7-5-9-3-2-4-9/h9-10H,2-8H2,1H3. The van der Waals surface area contributed by atoms with Crippen LogP contribution in [0.5, 0.6) is 0 Å². The average Bonchev–Trinajstić information content (AvgIpc) is 1.93. The summed E-state index contributed by atoms with van der Waals surface area (Å²) in [7, 11) is 1.95. The van der Waals surface area contributed by atoms with E-state index in [2.05, 4.69) is 5.32 Å². The topological polar surface area (TPSA) is 21.3 Å². The van der Waals surface area contributed by atoms with Gasteiger partial charge in [-0.25, -0.2) is 0 Å². The quantitative estimate of drug-likeness (QED) is 0.589. The van der Waals surface area contributed by atoms with Crippen LogP contribution in [-0.2, 0) is 4.74 Å². The second-order valence-electron chi connectivity index (χ2n) is 3.30. The van der Waals surface area contributed by atoms with Gasteiger partial charge >= 0.3 is 0 Å². The first-order valence-corrected chi connectivity index (χ1v) is 4.66. The van der Waals surface area contributed by atoms with Gasteiger partial charge in [0, 0.05) is 13.2 Å². The van der Waals surface area contributed by atoms with E-state index in [1.165, 1.54) is 25.7 Å². The third-order valence-electron chi connectivity index (χ3n) is 2.39. The molecule has 2 heteroatoms. The predicted molar refractivity (Wildman–Crippen MR) is 46.7 cm³/mol. The first-order valence-electron chi connectivity index (χ1n) is 4.66. The molecule has 0 aromatic carbocycles. The highest BCUT2D eigenvalue weighted by Crippen LogP contribution is 2.28. The van der Waals surface area contributed by atoms with Crippen molar-refractivity contribution in [3.8, 4) is 0 Å². The largest absolute Gasteiger partial charge is 0.380 e. The van der Waals surface area contributed by atoms with E-state index in [-0.39, 0.29) is 0 Å². The highest BCUT2D eigenvalue weighted by Gasteiger charge is 2.16. The van der Waals surface area contributed by atoms with Crippen LogP contribution < -0.4 is 5.32 Å². The van der Waals surface area contributed by atoms with E-state index >= 15 is 0 Å². The fourth-order valence-electron chi connectivity index (χ4n) is 1.31. The summed E-state index contributed by atoms with van der Waals surface area (Å²) < 4.78 is 5.42. The molecule has 0 radical (unpaired) electrons. The Balaban J connectivity index is 1.73. The Morgan fingerprint density at radius 1 is 1.36 bits per heavy atom. The van der Waals surface area contributed by atoms with Crippen molar-refractivity contribution in [2.75, 3.05) is 26.8 Å². The van der Waals surface area contributed by atoms with Crippen molar-refractivity contribution in [3.63, 3.8) is 0 Å². The van der Waals surface area contributed by atoms with E-state index in [0.29, 0.717) is 0 Å². The molecule has 1 saturated carbocycles. The summed E-state index contributed by atoms with van der Waals surface area (Å²) in [5.41, 5.74) is 0. The molecule has 0 heterocycles. The van der Waals surface area contributed by atoms with Crippen LogP contribution in [0.3, 0.4) is 0 Å². The molecule has 0 aromatic rings. The van der Waals surface area contributed by atoms with Crippen molar-refractivity contribution in [2.45, 2.75) is 25.7 Å². The van der Waals surface area contributed by atoms with Gasteiger partial charge in [-0.1, -0.05) is 19.3 Å². The highest BCUT2D eigenvalue weighted by atomic mass is 16.5. The summed E-state index contributed by atoms with van der Waals surface area (Å²) in [6.07, 6.45) is 5.61. The third-order valence-corrected chi connectivity index (χ3v) is 2.39. The van der Waals surface area contributed by atoms with Gasteiger partial charge in [0.15, 0.2) is 0 Å². The van der Waals surface area contributed by atoms with Gasteiger partial charge in [0.05, 0.1) is 6.61 Å². The number of nitrogens with one attached hydrogen (secondary N) is 1. The third kappa shape index (κ3) is 3.73. The molecular formula is C9H19NO. The molecule has 1 rings (SSSR count). The minimum Gasteiger partial charge on any atom is -0.380 e. The Hall–Kier alpha value is -0.0800. The maximum absolute atomic E-state index is 5.42. The molecule has 1 aliphatic carbocycles. The summed E-state index contributed by atoms with van der Waals surface area (Å²) in [6, 6.07) is 0. The zero-order chi connectivity index (χ0) is 7.94. The van der Waals surface area contributed by atoms with Crippen LogP contribution in [0, 0.1) is 5.92 Å². The molecule has 0 saturated heterocycles. The van der Waals surface area contributed by atoms with Crippen LogP contribution >= 0.6 is 0 Å². The molecule has 0 unspecified atom stereocenters. The maximum Gasteiger partial charge on any atom is 0.0590 e. The van der Waals surface area contributed by atoms with Crippen LogP contribution in [-0.4, -0.2) is 26.8 Å². The molecule has 0 amide bonds. The Bertz CT molecular complexity index is 91.6. The molecular weight excluding hydrogens is 138 g/mol. The van der Waals surface area contributed by atoms with Crippen LogP contribution in [0.2, 0.25) is 0 Å². The number of rotatable bonds is 6. The lowest BCUT2D eigenvalue weighted by Crippen LogP contribution is -2.17. The second-order valence-corrected chi connectivity index (χ2v) is 3.30. The fourth-order valence-corrected chi connectivity index (χ4v) is 1.31. The summed E-state index contributed by atoms with van der Waals surface area (Å²) in [4.78, 5) is 0. The molecule has 0 spiro atoms. The molecule has 0 aliphatic heterocycles. The Labute approximate surface area is 69.3 Å². The van der Waals surface area contributed by atoms with Gasteiger partial charge < -0.3 is 10.1 Å².